The molecular formula is C25H31N3O2S. The Labute approximate surface area is 188 Å². The average molecular weight is 438 g/mol. The zero-order chi connectivity index (χ0) is 22.5. The first-order valence-electron chi connectivity index (χ1n) is 10.9. The van der Waals surface area contributed by atoms with E-state index in [2.05, 4.69) is 32.2 Å². The van der Waals surface area contributed by atoms with Crippen LogP contribution in [0.1, 0.15) is 57.6 Å². The Hall–Kier alpha value is -2.60. The topological polar surface area (TPSA) is 64.0 Å². The second-order valence-corrected chi connectivity index (χ2v) is 9.47. The van der Waals surface area contributed by atoms with Gasteiger partial charge in [0.2, 0.25) is 5.91 Å². The van der Waals surface area contributed by atoms with Crippen molar-refractivity contribution in [1.82, 2.24) is 9.55 Å². The number of unbranched alkanes of at least 4 members (excludes halogenated alkanes) is 1. The number of thioether (sulfide) groups is 1. The highest BCUT2D eigenvalue weighted by atomic mass is 32.2. The van der Waals surface area contributed by atoms with Crippen LogP contribution < -0.4 is 10.9 Å². The van der Waals surface area contributed by atoms with Crippen LogP contribution >= 0.6 is 11.8 Å². The Morgan fingerprint density at radius 1 is 1.13 bits per heavy atom. The summed E-state index contributed by atoms with van der Waals surface area (Å²) in [4.78, 5) is 30.9. The molecule has 0 aliphatic heterocycles. The van der Waals surface area contributed by atoms with Crippen LogP contribution in [0.3, 0.4) is 0 Å². The van der Waals surface area contributed by atoms with Crippen molar-refractivity contribution in [3.63, 3.8) is 0 Å². The van der Waals surface area contributed by atoms with Crippen LogP contribution in [0.15, 0.2) is 52.4 Å². The van der Waals surface area contributed by atoms with Gasteiger partial charge in [-0.05, 0) is 49.4 Å². The third-order valence-corrected chi connectivity index (χ3v) is 6.48. The van der Waals surface area contributed by atoms with E-state index >= 15 is 0 Å². The van der Waals surface area contributed by atoms with E-state index in [0.29, 0.717) is 28.5 Å². The molecule has 0 saturated heterocycles. The van der Waals surface area contributed by atoms with Crippen LogP contribution in [-0.2, 0) is 11.3 Å². The molecule has 0 bridgehead atoms. The number of nitrogens with zero attached hydrogens (tertiary/aromatic N) is 2. The van der Waals surface area contributed by atoms with Crippen LogP contribution in [0.2, 0.25) is 0 Å². The van der Waals surface area contributed by atoms with Crippen LogP contribution in [-0.4, -0.2) is 20.7 Å². The van der Waals surface area contributed by atoms with Crippen molar-refractivity contribution < 1.29 is 4.79 Å². The largest absolute Gasteiger partial charge is 0.325 e. The number of anilines is 1. The number of aryl methyl sites for hydroxylation is 1. The average Bonchev–Trinajstić information content (AvgIpc) is 2.74. The Morgan fingerprint density at radius 2 is 1.87 bits per heavy atom. The van der Waals surface area contributed by atoms with Crippen molar-refractivity contribution in [3.8, 4) is 0 Å². The molecule has 0 saturated carbocycles. The minimum absolute atomic E-state index is 0.0462. The van der Waals surface area contributed by atoms with Gasteiger partial charge in [-0.2, -0.15) is 0 Å². The molecular weight excluding hydrogens is 406 g/mol. The molecule has 164 valence electrons. The molecule has 1 amide bonds. The van der Waals surface area contributed by atoms with Crippen molar-refractivity contribution >= 4 is 34.3 Å². The molecule has 5 nitrogen and oxygen atoms in total. The van der Waals surface area contributed by atoms with Gasteiger partial charge in [0.15, 0.2) is 5.16 Å². The van der Waals surface area contributed by atoms with Gasteiger partial charge in [0.25, 0.3) is 5.56 Å². The lowest BCUT2D eigenvalue weighted by molar-refractivity contribution is -0.115. The number of amides is 1. The summed E-state index contributed by atoms with van der Waals surface area (Å²) in [5, 5.41) is 3.92. The van der Waals surface area contributed by atoms with Crippen molar-refractivity contribution in [2.45, 2.75) is 70.3 Å². The van der Waals surface area contributed by atoms with E-state index in [-0.39, 0.29) is 11.5 Å². The zero-order valence-corrected chi connectivity index (χ0v) is 19.8. The molecule has 0 spiro atoms. The highest BCUT2D eigenvalue weighted by molar-refractivity contribution is 8.00. The van der Waals surface area contributed by atoms with E-state index in [1.54, 1.807) is 4.57 Å². The molecule has 0 fully saturated rings. The van der Waals surface area contributed by atoms with Crippen LogP contribution in [0.4, 0.5) is 5.69 Å². The molecule has 2 aromatic carbocycles. The Balaban J connectivity index is 1.90. The molecule has 0 aliphatic rings. The van der Waals surface area contributed by atoms with Crippen LogP contribution in [0, 0.1) is 6.92 Å². The van der Waals surface area contributed by atoms with E-state index in [9.17, 15) is 9.59 Å². The predicted molar refractivity (Wildman–Crippen MR) is 130 cm³/mol. The third kappa shape index (κ3) is 5.18. The highest BCUT2D eigenvalue weighted by Gasteiger charge is 2.21. The fourth-order valence-electron chi connectivity index (χ4n) is 3.53. The maximum atomic E-state index is 13.1. The highest BCUT2D eigenvalue weighted by Crippen LogP contribution is 2.29. The van der Waals surface area contributed by atoms with E-state index in [0.717, 1.165) is 29.7 Å². The third-order valence-electron chi connectivity index (χ3n) is 5.39. The maximum Gasteiger partial charge on any atom is 0.262 e. The predicted octanol–water partition coefficient (Wildman–Crippen LogP) is 5.75. The first kappa shape index (κ1) is 23.1. The van der Waals surface area contributed by atoms with Gasteiger partial charge in [-0.25, -0.2) is 4.98 Å². The van der Waals surface area contributed by atoms with E-state index < -0.39 is 5.25 Å². The maximum absolute atomic E-state index is 13.1. The molecule has 3 rings (SSSR count). The van der Waals surface area contributed by atoms with Crippen molar-refractivity contribution in [2.75, 3.05) is 5.32 Å². The summed E-state index contributed by atoms with van der Waals surface area (Å²) >= 11 is 1.34. The van der Waals surface area contributed by atoms with Gasteiger partial charge in [0.05, 0.1) is 16.2 Å². The number of carbonyl (C=O) groups is 1. The minimum Gasteiger partial charge on any atom is -0.325 e. The number of fused-ring (bicyclic) bond motifs is 1. The summed E-state index contributed by atoms with van der Waals surface area (Å²) in [6, 6.07) is 13.5. The van der Waals surface area contributed by atoms with Gasteiger partial charge in [-0.15, -0.1) is 0 Å². The zero-order valence-electron chi connectivity index (χ0n) is 18.9. The van der Waals surface area contributed by atoms with Crippen molar-refractivity contribution in [2.24, 2.45) is 0 Å². The monoisotopic (exact) mass is 437 g/mol. The molecule has 1 heterocycles. The standard InChI is InChI=1S/C25H31N3O2S/c1-6-7-15-28-24(30)20-12-8-9-14-21(20)26-25(28)31-18(5)23(29)27-22-17(4)11-10-13-19(22)16(2)3/h8-14,16,18H,6-7,15H2,1-5H3,(H,27,29). The summed E-state index contributed by atoms with van der Waals surface area (Å²) in [6.45, 7) is 10.8. The lowest BCUT2D eigenvalue weighted by Gasteiger charge is -2.19. The number of rotatable bonds is 8. The Kier molecular flexibility index (Phi) is 7.55. The van der Waals surface area contributed by atoms with E-state index in [4.69, 9.17) is 4.98 Å². The summed E-state index contributed by atoms with van der Waals surface area (Å²) in [7, 11) is 0. The van der Waals surface area contributed by atoms with E-state index in [1.807, 2.05) is 50.2 Å². The lowest BCUT2D eigenvalue weighted by atomic mass is 9.98. The van der Waals surface area contributed by atoms with Gasteiger partial charge < -0.3 is 5.32 Å². The first-order valence-corrected chi connectivity index (χ1v) is 11.8. The molecule has 1 aromatic heterocycles. The molecule has 6 heteroatoms. The Bertz CT molecular complexity index is 1140. The molecule has 3 aromatic rings. The van der Waals surface area contributed by atoms with Crippen molar-refractivity contribution in [1.29, 1.82) is 0 Å². The molecule has 0 aliphatic carbocycles. The smallest absolute Gasteiger partial charge is 0.262 e. The van der Waals surface area contributed by atoms with Gasteiger partial charge in [0.1, 0.15) is 0 Å². The van der Waals surface area contributed by atoms with Gasteiger partial charge >= 0.3 is 0 Å². The summed E-state index contributed by atoms with van der Waals surface area (Å²) in [6.07, 6.45) is 1.86. The fraction of sp³-hybridized carbons (Fsp3) is 0.400. The molecule has 31 heavy (non-hydrogen) atoms. The van der Waals surface area contributed by atoms with Gasteiger partial charge in [-0.1, -0.05) is 69.3 Å². The number of nitrogens with one attached hydrogen (secondary N) is 1. The quantitative estimate of drug-likeness (QED) is 0.360. The first-order chi connectivity index (χ1) is 14.8. The molecule has 1 atom stereocenters. The Morgan fingerprint density at radius 3 is 2.58 bits per heavy atom. The molecule has 0 radical (unpaired) electrons. The van der Waals surface area contributed by atoms with Gasteiger partial charge in [0, 0.05) is 12.2 Å². The lowest BCUT2D eigenvalue weighted by Crippen LogP contribution is -2.27. The molecule has 1 N–H and O–H groups in total. The second kappa shape index (κ2) is 10.1. The van der Waals surface area contributed by atoms with E-state index in [1.165, 1.54) is 11.8 Å². The fourth-order valence-corrected chi connectivity index (χ4v) is 4.46. The number of hydrogen-bond acceptors (Lipinski definition) is 4. The van der Waals surface area contributed by atoms with Crippen LogP contribution in [0.25, 0.3) is 10.9 Å². The number of para-hydroxylation sites is 2. The van der Waals surface area contributed by atoms with Crippen LogP contribution in [0.5, 0.6) is 0 Å². The number of carbonyl (C=O) groups excluding carboxylic acids is 1. The number of benzene rings is 2. The van der Waals surface area contributed by atoms with Crippen molar-refractivity contribution in [3.05, 3.63) is 63.9 Å². The number of aromatic nitrogens is 2. The molecule has 1 unspecified atom stereocenters. The van der Waals surface area contributed by atoms with Gasteiger partial charge in [-0.3, -0.25) is 14.2 Å². The summed E-state index contributed by atoms with van der Waals surface area (Å²) < 4.78 is 1.72. The summed E-state index contributed by atoms with van der Waals surface area (Å²) in [5.41, 5.74) is 3.66. The second-order valence-electron chi connectivity index (χ2n) is 8.17. The minimum atomic E-state index is -0.402. The normalized spacial score (nSPS) is 12.3. The SMILES string of the molecule is CCCCn1c(SC(C)C(=O)Nc2c(C)cccc2C(C)C)nc2ccccc2c1=O. The number of hydrogen-bond donors (Lipinski definition) is 1. The summed E-state index contributed by atoms with van der Waals surface area (Å²) in [5.74, 6) is 0.213.